The summed E-state index contributed by atoms with van der Waals surface area (Å²) in [6, 6.07) is 13.2. The molecule has 0 aliphatic carbocycles. The van der Waals surface area contributed by atoms with Crippen LogP contribution >= 0.6 is 24.0 Å². The van der Waals surface area contributed by atoms with E-state index in [1.165, 1.54) is 16.2 Å². The van der Waals surface area contributed by atoms with Crippen molar-refractivity contribution in [3.05, 3.63) is 93.3 Å². The number of carbonyl (C=O) groups is 1. The van der Waals surface area contributed by atoms with Crippen LogP contribution in [0.5, 0.6) is 0 Å². The number of amides is 1. The summed E-state index contributed by atoms with van der Waals surface area (Å²) in [5, 5.41) is 3.12. The first kappa shape index (κ1) is 22.0. The molecular formula is C24H22N4O2S2. The van der Waals surface area contributed by atoms with Crippen LogP contribution < -0.4 is 10.9 Å². The lowest BCUT2D eigenvalue weighted by atomic mass is 10.1. The number of thiocarbonyl (C=S) groups is 1. The highest BCUT2D eigenvalue weighted by Crippen LogP contribution is 2.38. The summed E-state index contributed by atoms with van der Waals surface area (Å²) in [7, 11) is 0. The van der Waals surface area contributed by atoms with Crippen molar-refractivity contribution >= 4 is 51.7 Å². The molecule has 1 aliphatic heterocycles. The van der Waals surface area contributed by atoms with Crippen LogP contribution in [0.4, 0.5) is 5.82 Å². The lowest BCUT2D eigenvalue weighted by Crippen LogP contribution is -2.31. The van der Waals surface area contributed by atoms with Gasteiger partial charge in [-0.15, -0.1) is 6.58 Å². The van der Waals surface area contributed by atoms with E-state index in [2.05, 4.69) is 16.9 Å². The third-order valence-corrected chi connectivity index (χ3v) is 6.52. The third kappa shape index (κ3) is 4.11. The second kappa shape index (κ2) is 9.10. The average molecular weight is 463 g/mol. The maximum absolute atomic E-state index is 13.3. The largest absolute Gasteiger partial charge is 0.366 e. The summed E-state index contributed by atoms with van der Waals surface area (Å²) in [5.74, 6) is 0.180. The van der Waals surface area contributed by atoms with E-state index in [0.29, 0.717) is 32.8 Å². The first-order valence-electron chi connectivity index (χ1n) is 10.1. The van der Waals surface area contributed by atoms with Gasteiger partial charge in [0.2, 0.25) is 0 Å². The van der Waals surface area contributed by atoms with Crippen molar-refractivity contribution in [2.24, 2.45) is 0 Å². The van der Waals surface area contributed by atoms with Gasteiger partial charge in [-0.25, -0.2) is 4.98 Å². The number of fused-ring (bicyclic) bond motifs is 1. The van der Waals surface area contributed by atoms with E-state index in [-0.39, 0.29) is 17.5 Å². The molecular weight excluding hydrogens is 440 g/mol. The second-order valence-electron chi connectivity index (χ2n) is 7.42. The van der Waals surface area contributed by atoms with Crippen molar-refractivity contribution in [3.8, 4) is 0 Å². The fraction of sp³-hybridized carbons (Fsp3) is 0.167. The number of benzene rings is 1. The molecule has 6 nitrogen and oxygen atoms in total. The minimum Gasteiger partial charge on any atom is -0.366 e. The van der Waals surface area contributed by atoms with Crippen LogP contribution in [0, 0.1) is 6.92 Å². The van der Waals surface area contributed by atoms with Crippen molar-refractivity contribution in [3.63, 3.8) is 0 Å². The third-order valence-electron chi connectivity index (χ3n) is 5.19. The van der Waals surface area contributed by atoms with Gasteiger partial charge in [0.25, 0.3) is 11.5 Å². The number of hydrogen-bond donors (Lipinski definition) is 1. The summed E-state index contributed by atoms with van der Waals surface area (Å²) in [4.78, 5) is 33.2. The summed E-state index contributed by atoms with van der Waals surface area (Å²) in [6.07, 6.45) is 5.01. The molecule has 0 radical (unpaired) electrons. The molecule has 1 saturated heterocycles. The van der Waals surface area contributed by atoms with Crippen molar-refractivity contribution < 1.29 is 4.79 Å². The minimum absolute atomic E-state index is 0.216. The Morgan fingerprint density at radius 1 is 1.22 bits per heavy atom. The van der Waals surface area contributed by atoms with Gasteiger partial charge in [0, 0.05) is 12.7 Å². The van der Waals surface area contributed by atoms with Crippen LogP contribution in [0.1, 0.15) is 29.7 Å². The minimum atomic E-state index is -0.258. The topological polar surface area (TPSA) is 66.7 Å². The zero-order chi connectivity index (χ0) is 22.8. The standard InChI is InChI=1S/C24H22N4O2S2/c1-4-12-25-21-18(22(29)27-14-15(2)10-11-20(27)26-21)13-19-23(30)28(24(31)32-19)16(3)17-8-6-5-7-9-17/h4-11,13-14,16,25H,1,12H2,2-3H3/b19-13+. The molecule has 2 aromatic heterocycles. The highest BCUT2D eigenvalue weighted by molar-refractivity contribution is 8.26. The summed E-state index contributed by atoms with van der Waals surface area (Å²) < 4.78 is 1.95. The number of nitrogens with zero attached hydrogens (tertiary/aromatic N) is 3. The first-order chi connectivity index (χ1) is 15.4. The van der Waals surface area contributed by atoms with Gasteiger partial charge >= 0.3 is 0 Å². The molecule has 1 amide bonds. The number of rotatable bonds is 6. The maximum atomic E-state index is 13.3. The highest BCUT2D eigenvalue weighted by Gasteiger charge is 2.36. The lowest BCUT2D eigenvalue weighted by molar-refractivity contribution is -0.123. The van der Waals surface area contributed by atoms with Gasteiger partial charge in [-0.3, -0.25) is 18.9 Å². The van der Waals surface area contributed by atoms with E-state index < -0.39 is 0 Å². The molecule has 1 aliphatic rings. The van der Waals surface area contributed by atoms with Gasteiger partial charge in [-0.1, -0.05) is 66.5 Å². The number of aromatic nitrogens is 2. The van der Waals surface area contributed by atoms with Gasteiger partial charge in [0.1, 0.15) is 15.8 Å². The SMILES string of the molecule is C=CCNc1nc2ccc(C)cn2c(=O)c1/C=C1/SC(=S)N(C(C)c2ccccc2)C1=O. The smallest absolute Gasteiger partial charge is 0.267 e. The fourth-order valence-electron chi connectivity index (χ4n) is 3.52. The molecule has 32 heavy (non-hydrogen) atoms. The highest BCUT2D eigenvalue weighted by atomic mass is 32.2. The van der Waals surface area contributed by atoms with E-state index in [9.17, 15) is 9.59 Å². The Morgan fingerprint density at radius 3 is 2.69 bits per heavy atom. The predicted octanol–water partition coefficient (Wildman–Crippen LogP) is 4.56. The monoisotopic (exact) mass is 462 g/mol. The molecule has 1 aromatic carbocycles. The molecule has 162 valence electrons. The second-order valence-corrected chi connectivity index (χ2v) is 9.10. The Hall–Kier alpha value is -3.23. The van der Waals surface area contributed by atoms with E-state index >= 15 is 0 Å². The molecule has 0 saturated carbocycles. The van der Waals surface area contributed by atoms with Crippen LogP contribution in [0.25, 0.3) is 11.7 Å². The van der Waals surface area contributed by atoms with Crippen molar-refractivity contribution in [1.82, 2.24) is 14.3 Å². The van der Waals surface area contributed by atoms with E-state index in [4.69, 9.17) is 12.2 Å². The molecule has 1 unspecified atom stereocenters. The van der Waals surface area contributed by atoms with E-state index in [1.54, 1.807) is 29.3 Å². The number of aryl methyl sites for hydroxylation is 1. The van der Waals surface area contributed by atoms with Crippen LogP contribution in [0.15, 0.2) is 71.0 Å². The number of nitrogens with one attached hydrogen (secondary N) is 1. The predicted molar refractivity (Wildman–Crippen MR) is 135 cm³/mol. The summed E-state index contributed by atoms with van der Waals surface area (Å²) in [5.41, 5.74) is 2.49. The molecule has 3 aromatic rings. The van der Waals surface area contributed by atoms with Crippen LogP contribution in [0.2, 0.25) is 0 Å². The number of thioether (sulfide) groups is 1. The Morgan fingerprint density at radius 2 is 1.97 bits per heavy atom. The van der Waals surface area contributed by atoms with Gasteiger partial charge in [0.15, 0.2) is 0 Å². The van der Waals surface area contributed by atoms with Crippen molar-refractivity contribution in [1.29, 1.82) is 0 Å². The molecule has 1 fully saturated rings. The molecule has 1 N–H and O–H groups in total. The van der Waals surface area contributed by atoms with Gasteiger partial charge in [-0.05, 0) is 37.1 Å². The molecule has 0 spiro atoms. The molecule has 3 heterocycles. The fourth-order valence-corrected chi connectivity index (χ4v) is 4.92. The number of anilines is 1. The Bertz CT molecular complexity index is 1310. The van der Waals surface area contributed by atoms with E-state index in [0.717, 1.165) is 11.1 Å². The Labute approximate surface area is 195 Å². The molecule has 0 bridgehead atoms. The van der Waals surface area contributed by atoms with Gasteiger partial charge < -0.3 is 5.32 Å². The lowest BCUT2D eigenvalue weighted by Gasteiger charge is -2.23. The Balaban J connectivity index is 1.79. The van der Waals surface area contributed by atoms with E-state index in [1.807, 2.05) is 50.2 Å². The van der Waals surface area contributed by atoms with Crippen LogP contribution in [0.3, 0.4) is 0 Å². The maximum Gasteiger partial charge on any atom is 0.267 e. The van der Waals surface area contributed by atoms with Crippen molar-refractivity contribution in [2.75, 3.05) is 11.9 Å². The number of hydrogen-bond acceptors (Lipinski definition) is 6. The quantitative estimate of drug-likeness (QED) is 0.329. The molecule has 1 atom stereocenters. The molecule has 4 rings (SSSR count). The zero-order valence-electron chi connectivity index (χ0n) is 17.7. The van der Waals surface area contributed by atoms with Crippen LogP contribution in [-0.4, -0.2) is 31.1 Å². The Kier molecular flexibility index (Phi) is 6.25. The van der Waals surface area contributed by atoms with Crippen molar-refractivity contribution in [2.45, 2.75) is 19.9 Å². The normalized spacial score (nSPS) is 16.1. The molecule has 8 heteroatoms. The number of carbonyl (C=O) groups excluding carboxylic acids is 1. The zero-order valence-corrected chi connectivity index (χ0v) is 19.4. The summed E-state index contributed by atoms with van der Waals surface area (Å²) in [6.45, 7) is 7.99. The number of pyridine rings is 1. The summed E-state index contributed by atoms with van der Waals surface area (Å²) >= 11 is 6.71. The first-order valence-corrected chi connectivity index (χ1v) is 11.3. The van der Waals surface area contributed by atoms with Crippen LogP contribution in [-0.2, 0) is 4.79 Å². The van der Waals surface area contributed by atoms with Gasteiger partial charge in [-0.2, -0.15) is 0 Å². The van der Waals surface area contributed by atoms with Gasteiger partial charge in [0.05, 0.1) is 16.5 Å². The average Bonchev–Trinajstić information content (AvgIpc) is 3.07.